The van der Waals surface area contributed by atoms with E-state index in [0.29, 0.717) is 33.0 Å². The molecule has 0 unspecified atom stereocenters. The summed E-state index contributed by atoms with van der Waals surface area (Å²) in [7, 11) is 0. The Bertz CT molecular complexity index is 1200. The molecule has 0 aliphatic heterocycles. The minimum atomic E-state index is -0.225. The molecule has 0 aliphatic carbocycles. The average Bonchev–Trinajstić information content (AvgIpc) is 2.70. The third-order valence-electron chi connectivity index (χ3n) is 4.13. The summed E-state index contributed by atoms with van der Waals surface area (Å²) in [6.07, 6.45) is 4.64. The van der Waals surface area contributed by atoms with Crippen LogP contribution in [-0.2, 0) is 0 Å². The van der Waals surface area contributed by atoms with Crippen LogP contribution in [0.4, 0.5) is 0 Å². The summed E-state index contributed by atoms with van der Waals surface area (Å²) >= 11 is 5.98. The molecule has 0 saturated heterocycles. The fraction of sp³-hybridized carbons (Fsp3) is 0. The Balaban J connectivity index is 1.99. The molecule has 2 heterocycles. The first-order valence-corrected chi connectivity index (χ1v) is 8.60. The standard InChI is InChI=1S/C21H14ClN3O2/c22-15-5-7-16(8-6-15)25-20(13-19(26)14-9-11-23-12-10-14)24-18-4-2-1-3-17(18)21(25)27/h1-13,26H. The van der Waals surface area contributed by atoms with E-state index in [4.69, 9.17) is 11.6 Å². The molecule has 0 saturated carbocycles. The van der Waals surface area contributed by atoms with Crippen molar-refractivity contribution in [3.05, 3.63) is 99.8 Å². The van der Waals surface area contributed by atoms with Gasteiger partial charge in [-0.05, 0) is 48.5 Å². The Morgan fingerprint density at radius 2 is 1.70 bits per heavy atom. The van der Waals surface area contributed by atoms with E-state index in [1.165, 1.54) is 10.6 Å². The number of nitrogens with zero attached hydrogens (tertiary/aromatic N) is 3. The van der Waals surface area contributed by atoms with Crippen molar-refractivity contribution in [2.75, 3.05) is 0 Å². The van der Waals surface area contributed by atoms with Crippen molar-refractivity contribution in [3.63, 3.8) is 0 Å². The van der Waals surface area contributed by atoms with Crippen molar-refractivity contribution >= 4 is 34.3 Å². The van der Waals surface area contributed by atoms with Crippen LogP contribution in [0.3, 0.4) is 0 Å². The number of hydrogen-bond donors (Lipinski definition) is 1. The molecule has 27 heavy (non-hydrogen) atoms. The highest BCUT2D eigenvalue weighted by atomic mass is 35.5. The molecule has 0 fully saturated rings. The lowest BCUT2D eigenvalue weighted by atomic mass is 10.2. The monoisotopic (exact) mass is 375 g/mol. The summed E-state index contributed by atoms with van der Waals surface area (Å²) in [6.45, 7) is 0. The lowest BCUT2D eigenvalue weighted by Gasteiger charge is -2.12. The number of fused-ring (bicyclic) bond motifs is 1. The number of para-hydroxylation sites is 1. The van der Waals surface area contributed by atoms with Crippen molar-refractivity contribution < 1.29 is 5.11 Å². The highest BCUT2D eigenvalue weighted by molar-refractivity contribution is 6.30. The van der Waals surface area contributed by atoms with Crippen LogP contribution in [0.1, 0.15) is 11.4 Å². The first kappa shape index (κ1) is 17.0. The molecule has 2 aromatic heterocycles. The molecule has 4 rings (SSSR count). The lowest BCUT2D eigenvalue weighted by molar-refractivity contribution is 0.515. The first-order valence-electron chi connectivity index (χ1n) is 8.22. The largest absolute Gasteiger partial charge is 0.507 e. The number of aromatic nitrogens is 3. The van der Waals surface area contributed by atoms with E-state index < -0.39 is 0 Å². The normalized spacial score (nSPS) is 11.7. The Labute approximate surface area is 159 Å². The van der Waals surface area contributed by atoms with Gasteiger partial charge in [0.1, 0.15) is 11.6 Å². The highest BCUT2D eigenvalue weighted by Crippen LogP contribution is 2.19. The van der Waals surface area contributed by atoms with Crippen LogP contribution in [-0.4, -0.2) is 19.6 Å². The quantitative estimate of drug-likeness (QED) is 0.536. The molecule has 5 nitrogen and oxygen atoms in total. The van der Waals surface area contributed by atoms with Crippen molar-refractivity contribution in [2.45, 2.75) is 0 Å². The number of aliphatic hydroxyl groups is 1. The van der Waals surface area contributed by atoms with Gasteiger partial charge in [-0.25, -0.2) is 4.98 Å². The zero-order valence-corrected chi connectivity index (χ0v) is 14.8. The van der Waals surface area contributed by atoms with Crippen molar-refractivity contribution in [3.8, 4) is 5.69 Å². The number of pyridine rings is 1. The van der Waals surface area contributed by atoms with Gasteiger partial charge in [0.15, 0.2) is 0 Å². The van der Waals surface area contributed by atoms with Gasteiger partial charge in [-0.3, -0.25) is 14.3 Å². The predicted molar refractivity (Wildman–Crippen MR) is 107 cm³/mol. The summed E-state index contributed by atoms with van der Waals surface area (Å²) in [4.78, 5) is 21.6. The highest BCUT2D eigenvalue weighted by Gasteiger charge is 2.12. The second-order valence-electron chi connectivity index (χ2n) is 5.87. The molecule has 1 N–H and O–H groups in total. The van der Waals surface area contributed by atoms with Gasteiger partial charge in [0.05, 0.1) is 16.6 Å². The van der Waals surface area contributed by atoms with E-state index in [9.17, 15) is 9.90 Å². The van der Waals surface area contributed by atoms with E-state index >= 15 is 0 Å². The topological polar surface area (TPSA) is 68.0 Å². The maximum absolute atomic E-state index is 13.1. The van der Waals surface area contributed by atoms with E-state index in [-0.39, 0.29) is 11.3 Å². The molecule has 2 aromatic carbocycles. The van der Waals surface area contributed by atoms with E-state index in [2.05, 4.69) is 9.97 Å². The zero-order valence-electron chi connectivity index (χ0n) is 14.1. The number of benzene rings is 2. The predicted octanol–water partition coefficient (Wildman–Crippen LogP) is 4.49. The maximum Gasteiger partial charge on any atom is 0.266 e. The molecule has 4 aromatic rings. The van der Waals surface area contributed by atoms with Gasteiger partial charge in [0, 0.05) is 29.1 Å². The van der Waals surface area contributed by atoms with Crippen LogP contribution in [0.2, 0.25) is 5.02 Å². The molecule has 0 aliphatic rings. The summed E-state index contributed by atoms with van der Waals surface area (Å²) in [5.74, 6) is 0.303. The van der Waals surface area contributed by atoms with Crippen molar-refractivity contribution in [1.82, 2.24) is 14.5 Å². The summed E-state index contributed by atoms with van der Waals surface area (Å²) in [5.41, 5.74) is 1.52. The smallest absolute Gasteiger partial charge is 0.266 e. The average molecular weight is 376 g/mol. The Hall–Kier alpha value is -3.44. The molecule has 0 bridgehead atoms. The molecule has 0 atom stereocenters. The fourth-order valence-electron chi connectivity index (χ4n) is 2.81. The van der Waals surface area contributed by atoms with E-state index in [1.807, 2.05) is 6.07 Å². The summed E-state index contributed by atoms with van der Waals surface area (Å²) < 4.78 is 1.45. The lowest BCUT2D eigenvalue weighted by Crippen LogP contribution is -2.22. The Morgan fingerprint density at radius 1 is 1.00 bits per heavy atom. The van der Waals surface area contributed by atoms with Crippen LogP contribution in [0, 0.1) is 0 Å². The van der Waals surface area contributed by atoms with Crippen LogP contribution in [0.5, 0.6) is 0 Å². The first-order chi connectivity index (χ1) is 13.1. The second-order valence-corrected chi connectivity index (χ2v) is 6.31. The van der Waals surface area contributed by atoms with Crippen molar-refractivity contribution in [2.24, 2.45) is 0 Å². The molecule has 0 spiro atoms. The third kappa shape index (κ3) is 3.32. The maximum atomic E-state index is 13.1. The van der Waals surface area contributed by atoms with Crippen LogP contribution in [0.15, 0.2) is 77.9 Å². The molecule has 132 valence electrons. The summed E-state index contributed by atoms with van der Waals surface area (Å²) in [6, 6.07) is 17.3. The molecule has 0 amide bonds. The van der Waals surface area contributed by atoms with Gasteiger partial charge in [-0.1, -0.05) is 23.7 Å². The van der Waals surface area contributed by atoms with Gasteiger partial charge in [0.2, 0.25) is 0 Å². The van der Waals surface area contributed by atoms with Crippen LogP contribution < -0.4 is 5.56 Å². The Kier molecular flexibility index (Phi) is 4.44. The number of rotatable bonds is 3. The minimum Gasteiger partial charge on any atom is -0.507 e. The van der Waals surface area contributed by atoms with Crippen molar-refractivity contribution in [1.29, 1.82) is 0 Å². The van der Waals surface area contributed by atoms with Gasteiger partial charge in [-0.2, -0.15) is 0 Å². The number of aliphatic hydroxyl groups excluding tert-OH is 1. The van der Waals surface area contributed by atoms with Crippen LogP contribution >= 0.6 is 11.6 Å². The van der Waals surface area contributed by atoms with Gasteiger partial charge in [-0.15, -0.1) is 0 Å². The van der Waals surface area contributed by atoms with Gasteiger partial charge < -0.3 is 5.11 Å². The van der Waals surface area contributed by atoms with Gasteiger partial charge >= 0.3 is 0 Å². The molecular weight excluding hydrogens is 362 g/mol. The fourth-order valence-corrected chi connectivity index (χ4v) is 2.94. The number of halogens is 1. The third-order valence-corrected chi connectivity index (χ3v) is 4.38. The molecule has 0 radical (unpaired) electrons. The zero-order chi connectivity index (χ0) is 18.8. The number of hydrogen-bond acceptors (Lipinski definition) is 4. The molecule has 6 heteroatoms. The molecular formula is C21H14ClN3O2. The van der Waals surface area contributed by atoms with E-state index in [1.54, 1.807) is 67.0 Å². The SMILES string of the molecule is O=c1c2ccccc2nc(C=C(O)c2ccncc2)n1-c1ccc(Cl)cc1. The summed E-state index contributed by atoms with van der Waals surface area (Å²) in [5, 5.41) is 11.6. The van der Waals surface area contributed by atoms with E-state index in [0.717, 1.165) is 0 Å². The van der Waals surface area contributed by atoms with Crippen LogP contribution in [0.25, 0.3) is 28.4 Å². The minimum absolute atomic E-state index is 0.0118. The second kappa shape index (κ2) is 7.05. The van der Waals surface area contributed by atoms with Gasteiger partial charge in [0.25, 0.3) is 5.56 Å². The Morgan fingerprint density at radius 3 is 2.44 bits per heavy atom.